The summed E-state index contributed by atoms with van der Waals surface area (Å²) in [5.41, 5.74) is 0.849. The van der Waals surface area contributed by atoms with Gasteiger partial charge in [0, 0.05) is 32.5 Å². The molecule has 1 aliphatic rings. The molecule has 2 heterocycles. The van der Waals surface area contributed by atoms with Crippen LogP contribution in [0, 0.1) is 5.92 Å². The van der Waals surface area contributed by atoms with Gasteiger partial charge in [0.2, 0.25) is 21.9 Å². The van der Waals surface area contributed by atoms with Crippen molar-refractivity contribution in [3.63, 3.8) is 0 Å². The van der Waals surface area contributed by atoms with Crippen molar-refractivity contribution in [2.24, 2.45) is 11.1 Å². The van der Waals surface area contributed by atoms with E-state index >= 15 is 0 Å². The Morgan fingerprint density at radius 1 is 1.25 bits per heavy atom. The monoisotopic (exact) mass is 403 g/mol. The van der Waals surface area contributed by atoms with Crippen molar-refractivity contribution in [2.75, 3.05) is 25.0 Å². The predicted octanol–water partition coefficient (Wildman–Crippen LogP) is 1.56. The molecule has 0 saturated carbocycles. The van der Waals surface area contributed by atoms with Gasteiger partial charge in [0.1, 0.15) is 0 Å². The Morgan fingerprint density at radius 2 is 1.89 bits per heavy atom. The first-order valence-corrected chi connectivity index (χ1v) is 10.7. The Kier molecular flexibility index (Phi) is 5.95. The normalized spacial score (nSPS) is 18.5. The van der Waals surface area contributed by atoms with E-state index in [4.69, 9.17) is 5.14 Å². The van der Waals surface area contributed by atoms with Crippen LogP contribution in [0.25, 0.3) is 0 Å². The highest BCUT2D eigenvalue weighted by molar-refractivity contribution is 7.89. The summed E-state index contributed by atoms with van der Waals surface area (Å²) in [6.45, 7) is 3.34. The van der Waals surface area contributed by atoms with Crippen LogP contribution in [0.4, 0.5) is 5.95 Å². The molecule has 0 bridgehead atoms. The molecule has 0 aliphatic carbocycles. The fourth-order valence-electron chi connectivity index (χ4n) is 3.45. The molecule has 150 valence electrons. The van der Waals surface area contributed by atoms with E-state index in [2.05, 4.69) is 9.97 Å². The van der Waals surface area contributed by atoms with E-state index in [1.54, 1.807) is 42.5 Å². The summed E-state index contributed by atoms with van der Waals surface area (Å²) in [4.78, 5) is 25.4. The largest absolute Gasteiger partial charge is 0.340 e. The zero-order valence-electron chi connectivity index (χ0n) is 16.0. The Balaban J connectivity index is 1.69. The summed E-state index contributed by atoms with van der Waals surface area (Å²) < 4.78 is 22.8. The number of carbonyl (C=O) groups excluding carboxylic acids is 1. The summed E-state index contributed by atoms with van der Waals surface area (Å²) >= 11 is 0. The first kappa shape index (κ1) is 20.2. The number of anilines is 1. The third kappa shape index (κ3) is 4.48. The van der Waals surface area contributed by atoms with Crippen molar-refractivity contribution >= 4 is 21.9 Å². The minimum absolute atomic E-state index is 0.0585. The van der Waals surface area contributed by atoms with Crippen molar-refractivity contribution in [3.8, 4) is 0 Å². The number of piperidine rings is 1. The Morgan fingerprint density at radius 3 is 2.50 bits per heavy atom. The molecule has 2 atom stereocenters. The van der Waals surface area contributed by atoms with Crippen molar-refractivity contribution in [3.05, 3.63) is 48.3 Å². The summed E-state index contributed by atoms with van der Waals surface area (Å²) in [6.07, 6.45) is 5.13. The van der Waals surface area contributed by atoms with E-state index in [0.29, 0.717) is 12.5 Å². The smallest absolute Gasteiger partial charge is 0.238 e. The third-order valence-electron chi connectivity index (χ3n) is 5.23. The zero-order chi connectivity index (χ0) is 20.3. The highest BCUT2D eigenvalue weighted by atomic mass is 32.2. The molecule has 2 N–H and O–H groups in total. The van der Waals surface area contributed by atoms with Gasteiger partial charge < -0.3 is 9.80 Å². The molecule has 1 saturated heterocycles. The lowest BCUT2D eigenvalue weighted by atomic mass is 9.95. The van der Waals surface area contributed by atoms with E-state index in [0.717, 1.165) is 24.9 Å². The predicted molar refractivity (Wildman–Crippen MR) is 106 cm³/mol. The first-order valence-electron chi connectivity index (χ1n) is 9.19. The topological polar surface area (TPSA) is 109 Å². The number of rotatable bonds is 5. The molecule has 0 radical (unpaired) electrons. The van der Waals surface area contributed by atoms with Gasteiger partial charge in [-0.3, -0.25) is 4.79 Å². The minimum Gasteiger partial charge on any atom is -0.340 e. The molecule has 8 nitrogen and oxygen atoms in total. The van der Waals surface area contributed by atoms with Gasteiger partial charge in [-0.2, -0.15) is 0 Å². The van der Waals surface area contributed by atoms with Crippen LogP contribution in [0.3, 0.4) is 0 Å². The van der Waals surface area contributed by atoms with Gasteiger partial charge in [-0.05, 0) is 43.5 Å². The fraction of sp³-hybridized carbons (Fsp3) is 0.421. The highest BCUT2D eigenvalue weighted by Crippen LogP contribution is 2.26. The number of hydrogen-bond donors (Lipinski definition) is 1. The second-order valence-electron chi connectivity index (χ2n) is 7.07. The van der Waals surface area contributed by atoms with Crippen molar-refractivity contribution in [1.82, 2.24) is 14.9 Å². The van der Waals surface area contributed by atoms with Crippen LogP contribution in [0.1, 0.15) is 31.4 Å². The molecular weight excluding hydrogens is 378 g/mol. The second kappa shape index (κ2) is 8.24. The van der Waals surface area contributed by atoms with E-state index in [9.17, 15) is 13.2 Å². The Bertz CT molecular complexity index is 918. The lowest BCUT2D eigenvalue weighted by Gasteiger charge is -2.35. The van der Waals surface area contributed by atoms with Gasteiger partial charge in [0.25, 0.3) is 0 Å². The third-order valence-corrected chi connectivity index (χ3v) is 6.15. The van der Waals surface area contributed by atoms with Crippen LogP contribution in [0.2, 0.25) is 0 Å². The van der Waals surface area contributed by atoms with Gasteiger partial charge >= 0.3 is 0 Å². The molecule has 1 aromatic carbocycles. The highest BCUT2D eigenvalue weighted by Gasteiger charge is 2.31. The second-order valence-corrected chi connectivity index (χ2v) is 8.63. The molecule has 3 rings (SSSR count). The maximum absolute atomic E-state index is 13.1. The van der Waals surface area contributed by atoms with Gasteiger partial charge in [0.15, 0.2) is 0 Å². The molecule has 2 aromatic rings. The molecule has 9 heteroatoms. The lowest BCUT2D eigenvalue weighted by Crippen LogP contribution is -2.44. The summed E-state index contributed by atoms with van der Waals surface area (Å²) in [5.74, 6) is 0.576. The summed E-state index contributed by atoms with van der Waals surface area (Å²) in [5, 5.41) is 5.14. The molecule has 28 heavy (non-hydrogen) atoms. The minimum atomic E-state index is -3.73. The van der Waals surface area contributed by atoms with Crippen molar-refractivity contribution in [2.45, 2.75) is 30.7 Å². The standard InChI is InChI=1S/C19H25N5O3S/c1-14(15-6-8-17(9-7-15)28(20,26)27)23(2)18(25)16-5-3-12-24(13-16)19-21-10-4-11-22-19/h4,6-11,14,16H,3,5,12-13H2,1-2H3,(H2,20,26,27). The van der Waals surface area contributed by atoms with Crippen LogP contribution < -0.4 is 10.0 Å². The van der Waals surface area contributed by atoms with Gasteiger partial charge in [-0.1, -0.05) is 12.1 Å². The molecule has 1 aliphatic heterocycles. The van der Waals surface area contributed by atoms with Crippen LogP contribution in [0.15, 0.2) is 47.6 Å². The number of carbonyl (C=O) groups is 1. The number of primary sulfonamides is 1. The SMILES string of the molecule is CC(c1ccc(S(N)(=O)=O)cc1)N(C)C(=O)C1CCCN(c2ncccn2)C1. The maximum atomic E-state index is 13.1. The number of nitrogens with two attached hydrogens (primary N) is 1. The van der Waals surface area contributed by atoms with E-state index in [-0.39, 0.29) is 22.8 Å². The van der Waals surface area contributed by atoms with Crippen molar-refractivity contribution < 1.29 is 13.2 Å². The number of nitrogens with zero attached hydrogens (tertiary/aromatic N) is 4. The molecule has 2 unspecified atom stereocenters. The number of amides is 1. The summed E-state index contributed by atoms with van der Waals surface area (Å²) in [7, 11) is -1.95. The molecule has 1 amide bonds. The summed E-state index contributed by atoms with van der Waals surface area (Å²) in [6, 6.07) is 7.90. The number of aromatic nitrogens is 2. The van der Waals surface area contributed by atoms with Gasteiger partial charge in [0.05, 0.1) is 16.9 Å². The average molecular weight is 404 g/mol. The van der Waals surface area contributed by atoms with E-state index < -0.39 is 10.0 Å². The number of benzene rings is 1. The molecule has 1 fully saturated rings. The van der Waals surface area contributed by atoms with E-state index in [1.807, 2.05) is 11.8 Å². The van der Waals surface area contributed by atoms with Crippen LogP contribution in [0.5, 0.6) is 0 Å². The van der Waals surface area contributed by atoms with Crippen molar-refractivity contribution in [1.29, 1.82) is 0 Å². The molecular formula is C19H25N5O3S. The lowest BCUT2D eigenvalue weighted by molar-refractivity contribution is -0.136. The zero-order valence-corrected chi connectivity index (χ0v) is 16.8. The maximum Gasteiger partial charge on any atom is 0.238 e. The Labute approximate surface area is 165 Å². The van der Waals surface area contributed by atoms with Crippen LogP contribution >= 0.6 is 0 Å². The Hall–Kier alpha value is -2.52. The van der Waals surface area contributed by atoms with Crippen LogP contribution in [-0.4, -0.2) is 49.3 Å². The first-order chi connectivity index (χ1) is 13.3. The van der Waals surface area contributed by atoms with Gasteiger partial charge in [-0.25, -0.2) is 23.5 Å². The quantitative estimate of drug-likeness (QED) is 0.811. The van der Waals surface area contributed by atoms with Gasteiger partial charge in [-0.15, -0.1) is 0 Å². The van der Waals surface area contributed by atoms with E-state index in [1.165, 1.54) is 12.1 Å². The number of hydrogen-bond acceptors (Lipinski definition) is 6. The average Bonchev–Trinajstić information content (AvgIpc) is 2.72. The fourth-order valence-corrected chi connectivity index (χ4v) is 3.97. The number of sulfonamides is 1. The molecule has 0 spiro atoms. The molecule has 1 aromatic heterocycles. The van der Waals surface area contributed by atoms with Crippen LogP contribution in [-0.2, 0) is 14.8 Å².